The number of nitrogens with one attached hydrogen (secondary N) is 4. The molecule has 22 N–H and O–H groups in total. The first-order chi connectivity index (χ1) is 40.1. The second-order valence-corrected chi connectivity index (χ2v) is 20.2. The quantitative estimate of drug-likeness (QED) is 0.0190. The largest absolute Gasteiger partial charge is 3.00 e. The zero-order valence-corrected chi connectivity index (χ0v) is 48.3. The van der Waals surface area contributed by atoms with Crippen molar-refractivity contribution in [2.45, 2.75) is 137 Å². The Morgan fingerprint density at radius 1 is 0.407 bits per heavy atom. The van der Waals surface area contributed by atoms with Gasteiger partial charge in [0.2, 0.25) is 16.3 Å². The van der Waals surface area contributed by atoms with Crippen molar-refractivity contribution in [3.63, 3.8) is 0 Å². The van der Waals surface area contributed by atoms with Crippen LogP contribution in [0.3, 0.4) is 0 Å². The molecule has 4 rings (SSSR count). The molecule has 0 aliphatic rings. The molecule has 33 heteroatoms. The van der Waals surface area contributed by atoms with Gasteiger partial charge in [-0.2, -0.15) is 0 Å². The summed E-state index contributed by atoms with van der Waals surface area (Å²) in [6.45, 7) is -6.16. The molecule has 86 heavy (non-hydrogen) atoms. The van der Waals surface area contributed by atoms with E-state index in [0.29, 0.717) is 0 Å². The van der Waals surface area contributed by atoms with Gasteiger partial charge in [-0.05, 0) is 50.7 Å². The van der Waals surface area contributed by atoms with Crippen LogP contribution in [-0.2, 0) is 19.6 Å². The van der Waals surface area contributed by atoms with Crippen molar-refractivity contribution < 1.29 is 151 Å². The minimum Gasteiger partial charge on any atom is -0.503 e. The number of rotatable bonds is 35. The van der Waals surface area contributed by atoms with Crippen molar-refractivity contribution >= 4 is 23.6 Å². The summed E-state index contributed by atoms with van der Waals surface area (Å²) < 4.78 is 2.61. The van der Waals surface area contributed by atoms with E-state index in [2.05, 4.69) is 21.3 Å². The fourth-order valence-corrected chi connectivity index (χ4v) is 9.08. The maximum absolute atomic E-state index is 14.1. The van der Waals surface area contributed by atoms with Crippen LogP contribution < -0.4 is 37.6 Å². The summed E-state index contributed by atoms with van der Waals surface area (Å²) in [4.78, 5) is 93.2. The molecule has 0 unspecified atom stereocenters. The van der Waals surface area contributed by atoms with Gasteiger partial charge in [0.25, 0.3) is 23.6 Å². The van der Waals surface area contributed by atoms with Gasteiger partial charge in [0.1, 0.15) is 73.2 Å². The average molecular weight is 1370 g/mol. The van der Waals surface area contributed by atoms with E-state index in [0.717, 1.165) is 50.5 Å². The summed E-state index contributed by atoms with van der Waals surface area (Å²) in [5.74, 6) is -7.26. The molecule has 3 heterocycles. The van der Waals surface area contributed by atoms with Crippen molar-refractivity contribution in [2.75, 3.05) is 39.5 Å². The number of carbonyl (C=O) groups excluding carboxylic acids is 4. The Balaban J connectivity index is 0.0000194. The van der Waals surface area contributed by atoms with E-state index >= 15 is 0 Å². The topological polar surface area (TPSA) is 547 Å². The van der Waals surface area contributed by atoms with Gasteiger partial charge in [-0.1, -0.05) is 18.2 Å². The van der Waals surface area contributed by atoms with E-state index in [1.54, 1.807) is 18.2 Å². The van der Waals surface area contributed by atoms with E-state index in [9.17, 15) is 125 Å². The van der Waals surface area contributed by atoms with Gasteiger partial charge in [-0.15, -0.1) is 0 Å². The van der Waals surface area contributed by atoms with Crippen LogP contribution in [0.5, 0.6) is 17.2 Å². The fourth-order valence-electron chi connectivity index (χ4n) is 9.08. The normalized spacial score (nSPS) is 15.9. The maximum Gasteiger partial charge on any atom is 3.00 e. The zero-order chi connectivity index (χ0) is 63.5. The molecule has 0 spiro atoms. The molecule has 4 amide bonds. The van der Waals surface area contributed by atoms with Gasteiger partial charge < -0.3 is 127 Å². The number of aromatic hydroxyl groups is 3. The van der Waals surface area contributed by atoms with Crippen LogP contribution in [0.25, 0.3) is 0 Å². The SMILES string of the molecule is O=C(NC(CCCNC(=O)c1c(O)c(=O)ccn1C[C@H](O)[C@@H](O)[C@H](O)[C@H](O)CO)(CCCNC(=O)c1c(O)c(=O)ccn1C[C@H](O)[C@@H](O)[C@H](O)[C@H](O)CO)CCCNC(=O)c1c(O)c(=O)ccn1C[C@H](O)[C@@H](O)[C@H](O)[C@H](O)CO)c1ccccc1.[Gd+3]. The number of hydrogen-bond donors (Lipinski definition) is 22. The third-order valence-corrected chi connectivity index (χ3v) is 14.0. The number of pyridine rings is 3. The molecule has 0 aliphatic carbocycles. The predicted octanol–water partition coefficient (Wildman–Crippen LogP) is -8.30. The fraction of sp³-hybridized carbons (Fsp3) is 0.528. The molecule has 4 aromatic rings. The van der Waals surface area contributed by atoms with Crippen molar-refractivity contribution in [3.8, 4) is 17.2 Å². The van der Waals surface area contributed by atoms with Crippen molar-refractivity contribution in [3.05, 3.63) is 120 Å². The number of carbonyl (C=O) groups is 4. The van der Waals surface area contributed by atoms with Crippen molar-refractivity contribution in [2.24, 2.45) is 0 Å². The zero-order valence-electron chi connectivity index (χ0n) is 46.0. The first kappa shape index (κ1) is 74.3. The van der Waals surface area contributed by atoms with Crippen molar-refractivity contribution in [1.29, 1.82) is 0 Å². The summed E-state index contributed by atoms with van der Waals surface area (Å²) in [6.07, 6.45) is -21.5. The first-order valence-electron chi connectivity index (χ1n) is 26.6. The predicted molar refractivity (Wildman–Crippen MR) is 292 cm³/mol. The number of aliphatic hydroxyl groups excluding tert-OH is 15. The molecule has 0 bridgehead atoms. The van der Waals surface area contributed by atoms with Gasteiger partial charge in [0, 0.05) is 67.5 Å². The third kappa shape index (κ3) is 20.1. The number of aromatic nitrogens is 3. The molecule has 477 valence electrons. The van der Waals surface area contributed by atoms with Crippen LogP contribution in [0.2, 0.25) is 0 Å². The van der Waals surface area contributed by atoms with Gasteiger partial charge in [-0.25, -0.2) is 0 Å². The molecule has 1 radical (unpaired) electrons. The molecule has 32 nitrogen and oxygen atoms in total. The Kier molecular flexibility index (Phi) is 30.4. The molecular formula is C53H75GdN7O25+3. The maximum atomic E-state index is 14.1. The second kappa shape index (κ2) is 35.2. The summed E-state index contributed by atoms with van der Waals surface area (Å²) >= 11 is 0. The van der Waals surface area contributed by atoms with E-state index in [4.69, 9.17) is 0 Å². The van der Waals surface area contributed by atoms with Crippen LogP contribution in [0.1, 0.15) is 80.3 Å². The molecule has 0 saturated heterocycles. The van der Waals surface area contributed by atoms with Crippen molar-refractivity contribution in [1.82, 2.24) is 35.0 Å². The molecule has 12 atom stereocenters. The molecule has 3 aromatic heterocycles. The van der Waals surface area contributed by atoms with Gasteiger partial charge >= 0.3 is 39.9 Å². The first-order valence-corrected chi connectivity index (χ1v) is 26.6. The number of nitrogens with zero attached hydrogens (tertiary/aromatic N) is 3. The Bertz CT molecular complexity index is 2750. The number of aliphatic hydroxyl groups is 15. The molecule has 0 fully saturated rings. The standard InChI is InChI=1S/C53H75N7O25.Gd/c61-24-34(70)46(79)43(76)31(67)21-58-18-9-28(64)40(73)37(58)50(83)54-15-4-12-53(57-49(82)27-7-2-1-3-8-27,13-5-16-55-51(84)38-41(74)29(65)10-19-59(38)22-32(68)44(77)47(80)35(71)25-62)14-6-17-56-52(85)39-42(75)30(66)11-20-60(39)23-33(69)45(78)48(81)36(72)26-63;/h1-3,7-11,18-20,31-36,43-48,61-63,67-81H,4-6,12-17,21-26H2,(H,54,83)(H,55,84)(H,56,85)(H,57,82);/q;+3/t31-,32-,33-,34+,35+,36+,43+,44+,45+,46+,47+,48+;/m0./s1. The van der Waals surface area contributed by atoms with Gasteiger partial charge in [0.05, 0.1) is 39.5 Å². The number of amides is 4. The van der Waals surface area contributed by atoms with E-state index in [-0.39, 0.29) is 104 Å². The van der Waals surface area contributed by atoms with Crippen LogP contribution >= 0.6 is 0 Å². The smallest absolute Gasteiger partial charge is 0.503 e. The Morgan fingerprint density at radius 2 is 0.674 bits per heavy atom. The van der Waals surface area contributed by atoms with Gasteiger partial charge in [0.15, 0.2) is 34.3 Å². The Morgan fingerprint density at radius 3 is 0.942 bits per heavy atom. The summed E-state index contributed by atoms with van der Waals surface area (Å²) in [5.41, 5.74) is -6.54. The number of hydrogen-bond acceptors (Lipinski definition) is 25. The molecule has 0 saturated carbocycles. The summed E-state index contributed by atoms with van der Waals surface area (Å²) in [7, 11) is 0. The Hall–Kier alpha value is -5.93. The van der Waals surface area contributed by atoms with Crippen LogP contribution in [0.15, 0.2) is 81.5 Å². The van der Waals surface area contributed by atoms with Gasteiger partial charge in [-0.3, -0.25) is 33.6 Å². The minimum absolute atomic E-state index is 0. The van der Waals surface area contributed by atoms with E-state index in [1.807, 2.05) is 0 Å². The molecular weight excluding hydrogens is 1290 g/mol. The summed E-state index contributed by atoms with van der Waals surface area (Å²) in [6, 6.07) is 10.2. The monoisotopic (exact) mass is 1370 g/mol. The third-order valence-electron chi connectivity index (χ3n) is 14.0. The van der Waals surface area contributed by atoms with E-state index in [1.165, 1.54) is 12.1 Å². The van der Waals surface area contributed by atoms with E-state index < -0.39 is 192 Å². The Labute approximate surface area is 520 Å². The van der Waals surface area contributed by atoms with Crippen LogP contribution in [0.4, 0.5) is 0 Å². The average Bonchev–Trinajstić information content (AvgIpc) is 3.24. The minimum atomic E-state index is -2.11. The molecule has 1 aromatic carbocycles. The molecule has 0 aliphatic heterocycles. The summed E-state index contributed by atoms with van der Waals surface area (Å²) in [5, 5.41) is 194. The second-order valence-electron chi connectivity index (χ2n) is 20.2. The van der Waals surface area contributed by atoms with Crippen LogP contribution in [-0.4, -0.2) is 247 Å². The van der Waals surface area contributed by atoms with Crippen LogP contribution in [0, 0.1) is 39.9 Å². The number of benzene rings is 1.